The van der Waals surface area contributed by atoms with E-state index in [-0.39, 0.29) is 42.5 Å². The van der Waals surface area contributed by atoms with Crippen LogP contribution in [0.15, 0.2) is 125 Å². The van der Waals surface area contributed by atoms with Crippen LogP contribution in [0.1, 0.15) is 35.6 Å². The topological polar surface area (TPSA) is 166 Å². The van der Waals surface area contributed by atoms with Gasteiger partial charge in [0.2, 0.25) is 5.91 Å². The number of H-pyrrole nitrogens is 2. The Kier molecular flexibility index (Phi) is 9.18. The first-order valence-electron chi connectivity index (χ1n) is 20.7. The number of rotatable bonds is 8. The van der Waals surface area contributed by atoms with Gasteiger partial charge in [0, 0.05) is 23.6 Å². The number of fused-ring (bicyclic) bond motifs is 5. The van der Waals surface area contributed by atoms with Crippen LogP contribution in [0.5, 0.6) is 0 Å². The Hall–Kier alpha value is -6.32. The summed E-state index contributed by atoms with van der Waals surface area (Å²) in [6.45, 7) is 5.86. The number of aromatic amines is 2. The highest BCUT2D eigenvalue weighted by Crippen LogP contribution is 2.60. The number of anilines is 1. The number of benzene rings is 5. The van der Waals surface area contributed by atoms with E-state index < -0.39 is 37.5 Å². The number of hydrogen-bond acceptors (Lipinski definition) is 7. The standard InChI is InChI=1S/C47H46N6O7Si/c1-28-43(61(2,3)59)41(24-42(55)50-26-31-11-5-4-10-30(31)22-34(50)27-54)60-47(28)37-23-33(53-45(57)36-13-7-9-15-39(36)49-53)20-21-40(37)51(46(47)58)25-29-16-18-32(19-17-29)52-44(56)35-12-6-8-14-38(35)48-52/h4-21,23,28,34,41,43,48-49,54,59H,22,24-27H2,1-3H3/t28-,34-,41+,43-,47+/m0/s1. The average molecular weight is 835 g/mol. The predicted octanol–water partition coefficient (Wildman–Crippen LogP) is 5.63. The molecule has 2 amide bonds. The van der Waals surface area contributed by atoms with Crippen LogP contribution in [0.4, 0.5) is 5.69 Å². The van der Waals surface area contributed by atoms with Crippen molar-refractivity contribution in [1.29, 1.82) is 0 Å². The summed E-state index contributed by atoms with van der Waals surface area (Å²) in [4.78, 5) is 72.2. The average Bonchev–Trinajstić information content (AvgIpc) is 3.95. The van der Waals surface area contributed by atoms with Gasteiger partial charge < -0.3 is 24.4 Å². The number of aliphatic hydroxyl groups is 1. The van der Waals surface area contributed by atoms with Crippen LogP contribution in [-0.2, 0) is 39.4 Å². The van der Waals surface area contributed by atoms with Gasteiger partial charge in [0.05, 0.1) is 70.6 Å². The number of carbonyl (C=O) groups excluding carboxylic acids is 2. The molecule has 0 unspecified atom stereocenters. The lowest BCUT2D eigenvalue weighted by molar-refractivity contribution is -0.151. The van der Waals surface area contributed by atoms with Gasteiger partial charge in [-0.15, -0.1) is 0 Å². The Morgan fingerprint density at radius 1 is 0.803 bits per heavy atom. The first-order chi connectivity index (χ1) is 29.4. The van der Waals surface area contributed by atoms with Gasteiger partial charge in [-0.3, -0.25) is 29.4 Å². The number of amides is 2. The minimum atomic E-state index is -3.16. The van der Waals surface area contributed by atoms with Crippen molar-refractivity contribution in [2.75, 3.05) is 11.5 Å². The summed E-state index contributed by atoms with van der Waals surface area (Å²) in [6, 6.07) is 34.9. The maximum absolute atomic E-state index is 15.4. The van der Waals surface area contributed by atoms with Gasteiger partial charge in [-0.1, -0.05) is 67.6 Å². The lowest BCUT2D eigenvalue weighted by atomic mass is 9.82. The second-order valence-corrected chi connectivity index (χ2v) is 21.2. The fourth-order valence-corrected chi connectivity index (χ4v) is 12.9. The first-order valence-corrected chi connectivity index (χ1v) is 23.7. The highest BCUT2D eigenvalue weighted by Gasteiger charge is 2.66. The molecule has 0 aliphatic carbocycles. The minimum absolute atomic E-state index is 0.0925. The first kappa shape index (κ1) is 38.9. The van der Waals surface area contributed by atoms with E-state index in [0.29, 0.717) is 51.9 Å². The number of para-hydroxylation sites is 2. The SMILES string of the molecule is C[C@H]1[C@H]([Si](C)(C)O)[C@@H](CC(=O)N2Cc3ccccc3C[C@H]2CO)O[C@]12C(=O)N(Cc1ccc(-n3[nH]c4ccccc4c3=O)cc1)c1ccc(-n3[nH]c4ccccc4c3=O)cc12. The molecular formula is C47H46N6O7Si. The molecule has 5 heterocycles. The molecule has 0 saturated carbocycles. The van der Waals surface area contributed by atoms with E-state index in [0.717, 1.165) is 22.2 Å². The summed E-state index contributed by atoms with van der Waals surface area (Å²) in [6.07, 6.45) is -0.398. The number of aromatic nitrogens is 4. The molecule has 2 aromatic heterocycles. The summed E-state index contributed by atoms with van der Waals surface area (Å²) in [5, 5.41) is 17.9. The van der Waals surface area contributed by atoms with Crippen LogP contribution in [0.3, 0.4) is 0 Å². The van der Waals surface area contributed by atoms with Crippen LogP contribution in [-0.4, -0.2) is 73.2 Å². The van der Waals surface area contributed by atoms with E-state index in [9.17, 15) is 24.3 Å². The molecule has 3 aliphatic rings. The second kappa shape index (κ2) is 14.4. The summed E-state index contributed by atoms with van der Waals surface area (Å²) in [7, 11) is -3.16. The molecule has 5 atom stereocenters. The fourth-order valence-electron chi connectivity index (χ4n) is 10.3. The van der Waals surface area contributed by atoms with Gasteiger partial charge in [-0.25, -0.2) is 9.36 Å². The van der Waals surface area contributed by atoms with Crippen molar-refractivity contribution >= 4 is 47.6 Å². The lowest BCUT2D eigenvalue weighted by Crippen LogP contribution is -2.48. The van der Waals surface area contributed by atoms with Gasteiger partial charge in [-0.05, 0) is 90.8 Å². The minimum Gasteiger partial charge on any atom is -0.432 e. The largest absolute Gasteiger partial charge is 0.432 e. The van der Waals surface area contributed by atoms with Gasteiger partial charge >= 0.3 is 0 Å². The van der Waals surface area contributed by atoms with E-state index in [2.05, 4.69) is 10.2 Å². The van der Waals surface area contributed by atoms with E-state index in [1.54, 1.807) is 28.0 Å². The monoisotopic (exact) mass is 834 g/mol. The molecule has 61 heavy (non-hydrogen) atoms. The van der Waals surface area contributed by atoms with Crippen molar-refractivity contribution in [3.8, 4) is 11.4 Å². The zero-order valence-electron chi connectivity index (χ0n) is 34.0. The molecule has 7 aromatic rings. The highest BCUT2D eigenvalue weighted by atomic mass is 28.4. The van der Waals surface area contributed by atoms with Gasteiger partial charge in [0.1, 0.15) is 0 Å². The second-order valence-electron chi connectivity index (χ2n) is 17.3. The third-order valence-corrected chi connectivity index (χ3v) is 15.7. The Bertz CT molecular complexity index is 3000. The summed E-state index contributed by atoms with van der Waals surface area (Å²) in [5.74, 6) is -1.12. The molecular weight excluding hydrogens is 789 g/mol. The summed E-state index contributed by atoms with van der Waals surface area (Å²) < 4.78 is 10.1. The maximum Gasteiger partial charge on any atom is 0.279 e. The molecule has 310 valence electrons. The molecule has 0 radical (unpaired) electrons. The number of nitrogens with one attached hydrogen (secondary N) is 2. The van der Waals surface area contributed by atoms with Gasteiger partial charge in [-0.2, -0.15) is 0 Å². The van der Waals surface area contributed by atoms with E-state index in [1.165, 1.54) is 9.36 Å². The van der Waals surface area contributed by atoms with Crippen molar-refractivity contribution in [2.24, 2.45) is 5.92 Å². The normalized spacial score (nSPS) is 22.4. The summed E-state index contributed by atoms with van der Waals surface area (Å²) in [5.41, 5.74) is 4.04. The fraction of sp³-hybridized carbons (Fsp3) is 0.277. The number of nitrogens with zero attached hydrogens (tertiary/aromatic N) is 4. The van der Waals surface area contributed by atoms with E-state index in [4.69, 9.17) is 4.74 Å². The number of ether oxygens (including phenoxy) is 1. The van der Waals surface area contributed by atoms with Crippen molar-refractivity contribution in [2.45, 2.75) is 69.2 Å². The van der Waals surface area contributed by atoms with Crippen molar-refractivity contribution < 1.29 is 24.2 Å². The predicted molar refractivity (Wildman–Crippen MR) is 234 cm³/mol. The highest BCUT2D eigenvalue weighted by molar-refractivity contribution is 6.71. The number of hydrogen-bond donors (Lipinski definition) is 4. The van der Waals surface area contributed by atoms with Crippen LogP contribution in [0.25, 0.3) is 33.2 Å². The quantitative estimate of drug-likeness (QED) is 0.144. The van der Waals surface area contributed by atoms with Crippen LogP contribution in [0.2, 0.25) is 18.6 Å². The molecule has 4 N–H and O–H groups in total. The maximum atomic E-state index is 15.4. The van der Waals surface area contributed by atoms with Crippen LogP contribution in [0, 0.1) is 5.92 Å². The molecule has 10 rings (SSSR count). The molecule has 3 aliphatic heterocycles. The molecule has 5 aromatic carbocycles. The number of aliphatic hydroxyl groups excluding tert-OH is 1. The Balaban J connectivity index is 1.04. The number of carbonyl (C=O) groups is 2. The Morgan fingerprint density at radius 2 is 1.39 bits per heavy atom. The molecule has 14 heteroatoms. The van der Waals surface area contributed by atoms with Gasteiger partial charge in [0.15, 0.2) is 13.9 Å². The molecule has 0 bridgehead atoms. The van der Waals surface area contributed by atoms with Crippen molar-refractivity contribution in [1.82, 2.24) is 24.5 Å². The lowest BCUT2D eigenvalue weighted by Gasteiger charge is -2.37. The molecule has 13 nitrogen and oxygen atoms in total. The van der Waals surface area contributed by atoms with E-state index >= 15 is 4.79 Å². The zero-order chi connectivity index (χ0) is 42.4. The third kappa shape index (κ3) is 6.15. The molecule has 1 saturated heterocycles. The van der Waals surface area contributed by atoms with Crippen LogP contribution >= 0.6 is 0 Å². The Morgan fingerprint density at radius 3 is 2.02 bits per heavy atom. The molecule has 1 spiro atoms. The van der Waals surface area contributed by atoms with E-state index in [1.807, 2.05) is 117 Å². The van der Waals surface area contributed by atoms with Crippen molar-refractivity contribution in [3.05, 3.63) is 158 Å². The summed E-state index contributed by atoms with van der Waals surface area (Å²) >= 11 is 0. The van der Waals surface area contributed by atoms with Crippen molar-refractivity contribution in [3.63, 3.8) is 0 Å². The Labute approximate surface area is 351 Å². The zero-order valence-corrected chi connectivity index (χ0v) is 35.0. The third-order valence-electron chi connectivity index (χ3n) is 13.2. The van der Waals surface area contributed by atoms with Gasteiger partial charge in [0.25, 0.3) is 17.0 Å². The molecule has 1 fully saturated rings. The van der Waals surface area contributed by atoms with Crippen LogP contribution < -0.4 is 16.0 Å². The smallest absolute Gasteiger partial charge is 0.279 e.